The number of alkyl halides is 3. The summed E-state index contributed by atoms with van der Waals surface area (Å²) in [4.78, 5) is 26.3. The van der Waals surface area contributed by atoms with Crippen molar-refractivity contribution in [2.24, 2.45) is 0 Å². The fourth-order valence-corrected chi connectivity index (χ4v) is 3.87. The molecule has 2 aromatic carbocycles. The van der Waals surface area contributed by atoms with Crippen LogP contribution in [0.5, 0.6) is 0 Å². The Bertz CT molecular complexity index is 1280. The quantitative estimate of drug-likeness (QED) is 0.350. The summed E-state index contributed by atoms with van der Waals surface area (Å²) in [5.41, 5.74) is 1.89. The van der Waals surface area contributed by atoms with Crippen LogP contribution < -0.4 is 10.2 Å². The Morgan fingerprint density at radius 3 is 2.31 bits per heavy atom. The van der Waals surface area contributed by atoms with Crippen molar-refractivity contribution in [3.63, 3.8) is 0 Å². The molecule has 188 valence electrons. The van der Waals surface area contributed by atoms with Crippen molar-refractivity contribution in [2.75, 3.05) is 36.4 Å². The second-order valence-electron chi connectivity index (χ2n) is 7.98. The minimum absolute atomic E-state index is 0.0230. The van der Waals surface area contributed by atoms with Crippen molar-refractivity contribution in [1.82, 2.24) is 4.90 Å². The molecule has 0 bridgehead atoms. The van der Waals surface area contributed by atoms with Gasteiger partial charge in [0, 0.05) is 49.2 Å². The van der Waals surface area contributed by atoms with Crippen LogP contribution in [0, 0.1) is 5.82 Å². The van der Waals surface area contributed by atoms with E-state index in [-0.39, 0.29) is 31.2 Å². The average molecular weight is 522 g/mol. The van der Waals surface area contributed by atoms with E-state index in [0.717, 1.165) is 10.6 Å². The number of nitrogens with zero attached hydrogens (tertiary/aromatic N) is 2. The Morgan fingerprint density at radius 2 is 1.67 bits per heavy atom. The van der Waals surface area contributed by atoms with Crippen molar-refractivity contribution in [3.05, 3.63) is 77.3 Å². The Balaban J connectivity index is 1.30. The van der Waals surface area contributed by atoms with Gasteiger partial charge in [-0.2, -0.15) is 13.2 Å². The van der Waals surface area contributed by atoms with Gasteiger partial charge < -0.3 is 19.5 Å². The number of amides is 2. The van der Waals surface area contributed by atoms with Gasteiger partial charge in [0.25, 0.3) is 0 Å². The number of hydrogen-bond acceptors (Lipinski definition) is 4. The average Bonchev–Trinajstić information content (AvgIpc) is 3.33. The number of carbonyl (C=O) groups is 2. The van der Waals surface area contributed by atoms with Gasteiger partial charge in [-0.1, -0.05) is 11.6 Å². The van der Waals surface area contributed by atoms with Crippen molar-refractivity contribution in [3.8, 4) is 11.3 Å². The summed E-state index contributed by atoms with van der Waals surface area (Å²) < 4.78 is 56.7. The molecular weight excluding hydrogens is 502 g/mol. The van der Waals surface area contributed by atoms with Crippen molar-refractivity contribution < 1.29 is 31.6 Å². The highest BCUT2D eigenvalue weighted by Gasteiger charge is 2.43. The van der Waals surface area contributed by atoms with Gasteiger partial charge in [0.2, 0.25) is 5.91 Å². The molecule has 0 saturated carbocycles. The van der Waals surface area contributed by atoms with E-state index in [1.54, 1.807) is 36.4 Å². The lowest BCUT2D eigenvalue weighted by molar-refractivity contribution is -0.185. The normalized spacial score (nSPS) is 14.4. The van der Waals surface area contributed by atoms with Crippen LogP contribution in [-0.4, -0.2) is 49.1 Å². The molecular formula is C25H20ClF4N3O3. The monoisotopic (exact) mass is 521 g/mol. The summed E-state index contributed by atoms with van der Waals surface area (Å²) in [5.74, 6) is -1.87. The number of carbonyl (C=O) groups excluding carboxylic acids is 2. The van der Waals surface area contributed by atoms with Crippen molar-refractivity contribution in [1.29, 1.82) is 0 Å². The van der Waals surface area contributed by atoms with Crippen molar-refractivity contribution >= 4 is 40.9 Å². The number of piperazine rings is 1. The molecule has 1 fully saturated rings. The van der Waals surface area contributed by atoms with E-state index in [1.807, 2.05) is 4.90 Å². The van der Waals surface area contributed by atoms with E-state index in [4.69, 9.17) is 16.0 Å². The highest BCUT2D eigenvalue weighted by Crippen LogP contribution is 2.27. The standard InChI is InChI=1S/C25H20ClF4N3O3/c26-20-15-16(1-8-21(20)27)22-9-6-19(36-22)7-10-23(34)31-17-2-4-18(5-3-17)32-11-13-33(14-12-32)24(35)25(28,29)30/h1-10,15H,11-14H2,(H,31,34)/b10-7+. The van der Waals surface area contributed by atoms with Crippen LogP contribution in [-0.2, 0) is 9.59 Å². The van der Waals surface area contributed by atoms with E-state index in [0.29, 0.717) is 22.8 Å². The fraction of sp³-hybridized carbons (Fsp3) is 0.200. The molecule has 0 atom stereocenters. The van der Waals surface area contributed by atoms with Crippen LogP contribution in [0.3, 0.4) is 0 Å². The number of benzene rings is 2. The first-order valence-corrected chi connectivity index (χ1v) is 11.2. The topological polar surface area (TPSA) is 65.8 Å². The number of rotatable bonds is 5. The van der Waals surface area contributed by atoms with Gasteiger partial charge in [-0.3, -0.25) is 9.59 Å². The summed E-state index contributed by atoms with van der Waals surface area (Å²) in [5, 5.41) is 2.69. The molecule has 1 N–H and O–H groups in total. The Hall–Kier alpha value is -3.79. The van der Waals surface area contributed by atoms with Crippen LogP contribution in [0.1, 0.15) is 5.76 Å². The first kappa shape index (κ1) is 25.3. The smallest absolute Gasteiger partial charge is 0.457 e. The molecule has 1 aliphatic rings. The molecule has 1 aromatic heterocycles. The summed E-state index contributed by atoms with van der Waals surface area (Å²) >= 11 is 5.80. The Labute approximate surface area is 208 Å². The lowest BCUT2D eigenvalue weighted by Gasteiger charge is -2.36. The first-order valence-electron chi connectivity index (χ1n) is 10.9. The van der Waals surface area contributed by atoms with Gasteiger partial charge in [0.1, 0.15) is 17.3 Å². The van der Waals surface area contributed by atoms with E-state index in [9.17, 15) is 27.2 Å². The Kier molecular flexibility index (Phi) is 7.35. The van der Waals surface area contributed by atoms with Gasteiger partial charge >= 0.3 is 12.1 Å². The molecule has 0 aliphatic carbocycles. The zero-order valence-electron chi connectivity index (χ0n) is 18.7. The van der Waals surface area contributed by atoms with Crippen LogP contribution in [0.25, 0.3) is 17.4 Å². The van der Waals surface area contributed by atoms with Gasteiger partial charge in [0.15, 0.2) is 0 Å². The lowest BCUT2D eigenvalue weighted by atomic mass is 10.2. The minimum Gasteiger partial charge on any atom is -0.457 e. The van der Waals surface area contributed by atoms with Crippen molar-refractivity contribution in [2.45, 2.75) is 6.18 Å². The van der Waals surface area contributed by atoms with E-state index >= 15 is 0 Å². The molecule has 2 heterocycles. The maximum Gasteiger partial charge on any atom is 0.471 e. The second kappa shape index (κ2) is 10.4. The lowest BCUT2D eigenvalue weighted by Crippen LogP contribution is -2.52. The molecule has 1 saturated heterocycles. The summed E-state index contributed by atoms with van der Waals surface area (Å²) in [6.07, 6.45) is -2.09. The molecule has 0 spiro atoms. The Morgan fingerprint density at radius 1 is 0.972 bits per heavy atom. The minimum atomic E-state index is -4.87. The maximum absolute atomic E-state index is 13.3. The number of hydrogen-bond donors (Lipinski definition) is 1. The van der Waals surface area contributed by atoms with Gasteiger partial charge in [-0.05, 0) is 60.7 Å². The highest BCUT2D eigenvalue weighted by atomic mass is 35.5. The number of halogens is 5. The van der Waals surface area contributed by atoms with E-state index in [1.165, 1.54) is 30.4 Å². The largest absolute Gasteiger partial charge is 0.471 e. The molecule has 1 aliphatic heterocycles. The summed E-state index contributed by atoms with van der Waals surface area (Å²) in [7, 11) is 0. The molecule has 36 heavy (non-hydrogen) atoms. The maximum atomic E-state index is 13.3. The molecule has 2 amide bonds. The van der Waals surface area contributed by atoms with E-state index < -0.39 is 23.8 Å². The predicted octanol–water partition coefficient (Wildman–Crippen LogP) is 5.60. The molecule has 6 nitrogen and oxygen atoms in total. The summed E-state index contributed by atoms with van der Waals surface area (Å²) in [6.45, 7) is 0.492. The summed E-state index contributed by atoms with van der Waals surface area (Å²) in [6, 6.07) is 14.4. The van der Waals surface area contributed by atoms with Gasteiger partial charge in [0.05, 0.1) is 5.02 Å². The van der Waals surface area contributed by atoms with Gasteiger partial charge in [-0.25, -0.2) is 4.39 Å². The number of nitrogens with one attached hydrogen (secondary N) is 1. The number of anilines is 2. The third-order valence-electron chi connectivity index (χ3n) is 5.54. The molecule has 4 rings (SSSR count). The molecule has 11 heteroatoms. The van der Waals surface area contributed by atoms with E-state index in [2.05, 4.69) is 5.32 Å². The zero-order valence-corrected chi connectivity index (χ0v) is 19.4. The third kappa shape index (κ3) is 6.06. The van der Waals surface area contributed by atoms with Crippen LogP contribution >= 0.6 is 11.6 Å². The molecule has 3 aromatic rings. The predicted molar refractivity (Wildman–Crippen MR) is 128 cm³/mol. The SMILES string of the molecule is O=C(/C=C/c1ccc(-c2ccc(F)c(Cl)c2)o1)Nc1ccc(N2CCN(C(=O)C(F)(F)F)CC2)cc1. The second-order valence-corrected chi connectivity index (χ2v) is 8.38. The number of furan rings is 1. The van der Waals surface area contributed by atoms with Crippen LogP contribution in [0.2, 0.25) is 5.02 Å². The first-order chi connectivity index (χ1) is 17.1. The molecule has 0 unspecified atom stereocenters. The van der Waals surface area contributed by atoms with Crippen LogP contribution in [0.15, 0.2) is 65.1 Å². The molecule has 0 radical (unpaired) electrons. The fourth-order valence-electron chi connectivity index (χ4n) is 3.69. The zero-order chi connectivity index (χ0) is 25.9. The van der Waals surface area contributed by atoms with Crippen LogP contribution in [0.4, 0.5) is 28.9 Å². The van der Waals surface area contributed by atoms with Gasteiger partial charge in [-0.15, -0.1) is 0 Å². The third-order valence-corrected chi connectivity index (χ3v) is 5.83. The highest BCUT2D eigenvalue weighted by molar-refractivity contribution is 6.31.